The molecule has 17 nitrogen and oxygen atoms in total. The fourth-order valence-corrected chi connectivity index (χ4v) is 11.4. The Labute approximate surface area is 596 Å². The smallest absolute Gasteiger partial charge is 0.141 e. The standard InChI is InChI=1S/C30H42N4O3.C29H33N3O3.C20H28ClN3O.2CH4/c1-3-4-14-33(2)24-27-23-31-32-30(27)26-10-12-28(13-11-26)36-20-21-37-29-9-5-7-25(22-29)8-6-15-34-16-18-35-19-17-34;1-3-4-18-32(2)22-24-21-30-31-29(24)23-10-12-25(13-11-23)33-19-20-34-26-14-16-28(17-15-26)35-27-8-6-5-7-9-27;1-6-7-8-24(5)12-17-11-22-23-19(17)16-9-15(4)20(18(21)10-16)25-13-14(2)3;;/h5,7,9-13,22-23H,3-4,6,8,14-21,24H2,1-2H3,(H,31,32);5-17,21H,3-4,18-20,22H2,1-2H3,(H,30,31);9-11H,2,6-8,12-13H2,1,3-5H3,(H,22,23);2*1H4. The highest BCUT2D eigenvalue weighted by Gasteiger charge is 2.17. The number of H-pyrrole nitrogens is 3. The highest BCUT2D eigenvalue weighted by molar-refractivity contribution is 6.32. The van der Waals surface area contributed by atoms with Crippen LogP contribution in [0.5, 0.6) is 40.2 Å². The normalized spacial score (nSPS) is 12.0. The number of benzene rings is 6. The average molecular weight is 1370 g/mol. The molecule has 1 fully saturated rings. The molecule has 0 unspecified atom stereocenters. The molecule has 0 atom stereocenters. The van der Waals surface area contributed by atoms with Gasteiger partial charge in [-0.3, -0.25) is 20.2 Å². The topological polar surface area (TPSA) is 164 Å². The lowest BCUT2D eigenvalue weighted by Crippen LogP contribution is -2.36. The average Bonchev–Trinajstić information content (AvgIpc) is 1.84. The van der Waals surface area contributed by atoms with Crippen molar-refractivity contribution in [1.29, 1.82) is 0 Å². The summed E-state index contributed by atoms with van der Waals surface area (Å²) in [5.74, 6) is 5.63. The summed E-state index contributed by atoms with van der Waals surface area (Å²) in [6.45, 7) is 27.6. The summed E-state index contributed by atoms with van der Waals surface area (Å²) in [6.07, 6.45) is 15.2. The van der Waals surface area contributed by atoms with Crippen LogP contribution < -0.4 is 28.4 Å². The first-order valence-corrected chi connectivity index (χ1v) is 34.9. The Bertz CT molecular complexity index is 3640. The predicted molar refractivity (Wildman–Crippen MR) is 406 cm³/mol. The van der Waals surface area contributed by atoms with Crippen LogP contribution in [0.4, 0.5) is 0 Å². The number of unbranched alkanes of at least 4 members (excludes halogenated alkanes) is 3. The van der Waals surface area contributed by atoms with Crippen molar-refractivity contribution in [2.45, 2.75) is 120 Å². The molecule has 6 aromatic carbocycles. The number of aromatic amines is 3. The van der Waals surface area contributed by atoms with Crippen molar-refractivity contribution in [3.8, 4) is 74.0 Å². The lowest BCUT2D eigenvalue weighted by atomic mass is 10.0. The SMILES string of the molecule is C.C.C=C(C)COc1c(C)cc(-c2[nH]ncc2CN(C)CCCC)cc1Cl.CCCCN(C)Cc1cn[nH]c1-c1ccc(OCCOc2ccc(Oc3ccccc3)cc2)cc1.CCCCN(C)Cc1cn[nH]c1-c1ccc(OCCOc2cccc(CCCN3CCOCC3)c2)cc1. The number of rotatable bonds is 37. The maximum absolute atomic E-state index is 6.46. The molecule has 18 heteroatoms. The molecule has 3 aromatic heterocycles. The van der Waals surface area contributed by atoms with E-state index in [4.69, 9.17) is 44.8 Å². The van der Waals surface area contributed by atoms with Crippen molar-refractivity contribution in [1.82, 2.24) is 50.2 Å². The molecule has 1 aliphatic rings. The molecule has 0 amide bonds. The molecule has 9 aromatic rings. The second kappa shape index (κ2) is 43.9. The zero-order chi connectivity index (χ0) is 68.4. The minimum absolute atomic E-state index is 0. The molecule has 0 aliphatic carbocycles. The van der Waals surface area contributed by atoms with E-state index in [-0.39, 0.29) is 14.9 Å². The highest BCUT2D eigenvalue weighted by Crippen LogP contribution is 2.36. The molecule has 3 N–H and O–H groups in total. The van der Waals surface area contributed by atoms with E-state index >= 15 is 0 Å². The molecular formula is C81H111ClN10O7. The number of morpholine rings is 1. The first-order valence-electron chi connectivity index (χ1n) is 34.5. The third-order valence-electron chi connectivity index (χ3n) is 16.4. The van der Waals surface area contributed by atoms with Crippen LogP contribution in [-0.2, 0) is 30.8 Å². The summed E-state index contributed by atoms with van der Waals surface area (Å²) in [7, 11) is 6.45. The Kier molecular flexibility index (Phi) is 35.3. The molecular weight excluding hydrogens is 1260 g/mol. The van der Waals surface area contributed by atoms with Crippen molar-refractivity contribution in [2.24, 2.45) is 0 Å². The minimum atomic E-state index is 0. The fraction of sp³-hybridized carbons (Fsp3) is 0.420. The third kappa shape index (κ3) is 27.3. The number of ether oxygens (including phenoxy) is 7. The zero-order valence-corrected chi connectivity index (χ0v) is 59.3. The Balaban J connectivity index is 0.000000236. The lowest BCUT2D eigenvalue weighted by Gasteiger charge is -2.26. The Hall–Kier alpha value is -8.42. The Morgan fingerprint density at radius 1 is 0.515 bits per heavy atom. The second-order valence-electron chi connectivity index (χ2n) is 25.0. The van der Waals surface area contributed by atoms with E-state index in [1.165, 1.54) is 60.8 Å². The fourth-order valence-electron chi connectivity index (χ4n) is 11.1. The summed E-state index contributed by atoms with van der Waals surface area (Å²) < 4.78 is 40.5. The molecule has 0 spiro atoms. The van der Waals surface area contributed by atoms with Gasteiger partial charge >= 0.3 is 0 Å². The van der Waals surface area contributed by atoms with Gasteiger partial charge in [0.1, 0.15) is 73.3 Å². The Morgan fingerprint density at radius 3 is 1.39 bits per heavy atom. The Morgan fingerprint density at radius 2 is 0.939 bits per heavy atom. The van der Waals surface area contributed by atoms with Crippen molar-refractivity contribution in [3.63, 3.8) is 0 Å². The van der Waals surface area contributed by atoms with E-state index < -0.39 is 0 Å². The van der Waals surface area contributed by atoms with Crippen LogP contribution in [0.15, 0.2) is 170 Å². The number of nitrogens with one attached hydrogen (secondary N) is 3. The summed E-state index contributed by atoms with van der Waals surface area (Å²) in [5, 5.41) is 22.8. The van der Waals surface area contributed by atoms with Gasteiger partial charge in [0.15, 0.2) is 0 Å². The molecule has 534 valence electrons. The summed E-state index contributed by atoms with van der Waals surface area (Å²) >= 11 is 6.46. The van der Waals surface area contributed by atoms with E-state index in [9.17, 15) is 0 Å². The number of nitrogens with zero attached hydrogens (tertiary/aromatic N) is 7. The molecule has 0 radical (unpaired) electrons. The first-order chi connectivity index (χ1) is 47.3. The number of para-hydroxylation sites is 1. The van der Waals surface area contributed by atoms with Crippen molar-refractivity contribution < 1.29 is 33.2 Å². The van der Waals surface area contributed by atoms with Gasteiger partial charge in [-0.2, -0.15) is 15.3 Å². The maximum atomic E-state index is 6.46. The van der Waals surface area contributed by atoms with E-state index in [2.05, 4.69) is 147 Å². The van der Waals surface area contributed by atoms with Crippen LogP contribution in [0, 0.1) is 6.92 Å². The number of aromatic nitrogens is 6. The van der Waals surface area contributed by atoms with Gasteiger partial charge in [0.25, 0.3) is 0 Å². The van der Waals surface area contributed by atoms with Gasteiger partial charge < -0.3 is 47.9 Å². The van der Waals surface area contributed by atoms with Gasteiger partial charge in [0.05, 0.1) is 53.9 Å². The van der Waals surface area contributed by atoms with E-state index in [0.29, 0.717) is 38.1 Å². The van der Waals surface area contributed by atoms with Crippen LogP contribution in [0.1, 0.15) is 115 Å². The largest absolute Gasteiger partial charge is 0.490 e. The first kappa shape index (κ1) is 79.6. The van der Waals surface area contributed by atoms with E-state index in [1.807, 2.05) is 123 Å². The van der Waals surface area contributed by atoms with Gasteiger partial charge in [-0.1, -0.05) is 103 Å². The predicted octanol–water partition coefficient (Wildman–Crippen LogP) is 18.1. The van der Waals surface area contributed by atoms with Gasteiger partial charge in [-0.15, -0.1) is 0 Å². The molecule has 4 heterocycles. The summed E-state index contributed by atoms with van der Waals surface area (Å²) in [6, 6.07) is 46.0. The minimum Gasteiger partial charge on any atom is -0.490 e. The number of hydrogen-bond acceptors (Lipinski definition) is 14. The third-order valence-corrected chi connectivity index (χ3v) is 16.7. The van der Waals surface area contributed by atoms with E-state index in [1.54, 1.807) is 0 Å². The highest BCUT2D eigenvalue weighted by atomic mass is 35.5. The van der Waals surface area contributed by atoms with Gasteiger partial charge in [0.2, 0.25) is 0 Å². The maximum Gasteiger partial charge on any atom is 0.141 e. The number of hydrogen-bond donors (Lipinski definition) is 3. The van der Waals surface area contributed by atoms with Crippen molar-refractivity contribution >= 4 is 11.6 Å². The molecule has 1 saturated heterocycles. The van der Waals surface area contributed by atoms with Crippen LogP contribution in [0.25, 0.3) is 33.8 Å². The number of halogens is 1. The van der Waals surface area contributed by atoms with Crippen LogP contribution in [0.3, 0.4) is 0 Å². The van der Waals surface area contributed by atoms with Crippen LogP contribution in [0.2, 0.25) is 5.02 Å². The molecule has 0 saturated carbocycles. The molecule has 10 rings (SSSR count). The lowest BCUT2D eigenvalue weighted by molar-refractivity contribution is 0.0374. The second-order valence-corrected chi connectivity index (χ2v) is 25.4. The quantitative estimate of drug-likeness (QED) is 0.0249. The summed E-state index contributed by atoms with van der Waals surface area (Å²) in [5.41, 5.74) is 13.3. The van der Waals surface area contributed by atoms with Crippen molar-refractivity contribution in [3.05, 3.63) is 203 Å². The van der Waals surface area contributed by atoms with E-state index in [0.717, 1.165) is 170 Å². The molecule has 1 aliphatic heterocycles. The molecule has 99 heavy (non-hydrogen) atoms. The van der Waals surface area contributed by atoms with Crippen LogP contribution in [-0.4, -0.2) is 157 Å². The van der Waals surface area contributed by atoms with Crippen LogP contribution >= 0.6 is 11.6 Å². The van der Waals surface area contributed by atoms with Gasteiger partial charge in [0, 0.05) is 66.1 Å². The summed E-state index contributed by atoms with van der Waals surface area (Å²) in [4.78, 5) is 9.47. The van der Waals surface area contributed by atoms with Crippen molar-refractivity contribution in [2.75, 3.05) is 107 Å². The zero-order valence-electron chi connectivity index (χ0n) is 58.6. The number of aryl methyl sites for hydroxylation is 2. The van der Waals surface area contributed by atoms with Gasteiger partial charge in [-0.25, -0.2) is 0 Å². The van der Waals surface area contributed by atoms with Gasteiger partial charge in [-0.05, 0) is 219 Å². The monoisotopic (exact) mass is 1370 g/mol. The molecule has 0 bridgehead atoms.